The van der Waals surface area contributed by atoms with E-state index in [1.54, 1.807) is 0 Å². The van der Waals surface area contributed by atoms with Gasteiger partial charge in [0.05, 0.1) is 4.47 Å². The summed E-state index contributed by atoms with van der Waals surface area (Å²) in [5, 5.41) is 2.33. The summed E-state index contributed by atoms with van der Waals surface area (Å²) in [5.74, 6) is 0.826. The van der Waals surface area contributed by atoms with Gasteiger partial charge in [-0.15, -0.1) is 0 Å². The molecule has 3 rings (SSSR count). The molecule has 0 amide bonds. The molecule has 0 unspecified atom stereocenters. The second-order valence-electron chi connectivity index (χ2n) is 4.59. The average molecular weight is 328 g/mol. The molecule has 3 aromatic rings. The monoisotopic (exact) mass is 327 g/mol. The molecule has 0 bridgehead atoms. The van der Waals surface area contributed by atoms with Crippen LogP contribution in [0.5, 0.6) is 5.75 Å². The third-order valence-corrected chi connectivity index (χ3v) is 4.08. The molecule has 0 atom stereocenters. The number of fused-ring (bicyclic) bond motifs is 1. The molecular formula is C17H14BrNO. The SMILES string of the molecule is Nc1ccccc1COc1ccc2ccccc2c1Br. The van der Waals surface area contributed by atoms with E-state index in [9.17, 15) is 0 Å². The minimum Gasteiger partial charge on any atom is -0.488 e. The lowest BCUT2D eigenvalue weighted by molar-refractivity contribution is 0.305. The Morgan fingerprint density at radius 2 is 1.65 bits per heavy atom. The maximum atomic E-state index is 5.92. The number of hydrogen-bond donors (Lipinski definition) is 1. The van der Waals surface area contributed by atoms with Gasteiger partial charge in [0.15, 0.2) is 0 Å². The molecule has 2 nitrogen and oxygen atoms in total. The van der Waals surface area contributed by atoms with E-state index in [2.05, 4.69) is 34.1 Å². The number of hydrogen-bond acceptors (Lipinski definition) is 2. The first-order chi connectivity index (χ1) is 9.75. The predicted octanol–water partition coefficient (Wildman–Crippen LogP) is 4.76. The van der Waals surface area contributed by atoms with Crippen LogP contribution in [0.4, 0.5) is 5.69 Å². The van der Waals surface area contributed by atoms with Crippen molar-refractivity contribution >= 4 is 32.4 Å². The van der Waals surface area contributed by atoms with Gasteiger partial charge in [-0.1, -0.05) is 48.5 Å². The first-order valence-corrected chi connectivity index (χ1v) is 7.18. The molecule has 20 heavy (non-hydrogen) atoms. The number of halogens is 1. The molecule has 3 heteroatoms. The number of rotatable bonds is 3. The zero-order valence-corrected chi connectivity index (χ0v) is 12.4. The summed E-state index contributed by atoms with van der Waals surface area (Å²) in [5.41, 5.74) is 7.67. The first kappa shape index (κ1) is 13.0. The van der Waals surface area contributed by atoms with Gasteiger partial charge in [-0.2, -0.15) is 0 Å². The molecule has 0 aliphatic heterocycles. The van der Waals surface area contributed by atoms with Gasteiger partial charge in [0.25, 0.3) is 0 Å². The van der Waals surface area contributed by atoms with Gasteiger partial charge >= 0.3 is 0 Å². The van der Waals surface area contributed by atoms with Gasteiger partial charge in [-0.05, 0) is 38.8 Å². The molecule has 0 aliphatic rings. The summed E-state index contributed by atoms with van der Waals surface area (Å²) in [7, 11) is 0. The predicted molar refractivity (Wildman–Crippen MR) is 86.8 cm³/mol. The minimum absolute atomic E-state index is 0.462. The third-order valence-electron chi connectivity index (χ3n) is 3.27. The van der Waals surface area contributed by atoms with E-state index in [-0.39, 0.29) is 0 Å². The van der Waals surface area contributed by atoms with Crippen molar-refractivity contribution in [2.75, 3.05) is 5.73 Å². The van der Waals surface area contributed by atoms with Crippen LogP contribution in [0.1, 0.15) is 5.56 Å². The Morgan fingerprint density at radius 1 is 0.900 bits per heavy atom. The third kappa shape index (κ3) is 2.49. The molecule has 0 aromatic heterocycles. The van der Waals surface area contributed by atoms with Crippen molar-refractivity contribution < 1.29 is 4.74 Å². The van der Waals surface area contributed by atoms with Gasteiger partial charge < -0.3 is 10.5 Å². The fraction of sp³-hybridized carbons (Fsp3) is 0.0588. The highest BCUT2D eigenvalue weighted by Gasteiger charge is 2.07. The van der Waals surface area contributed by atoms with Crippen molar-refractivity contribution in [3.63, 3.8) is 0 Å². The molecule has 3 aromatic carbocycles. The highest BCUT2D eigenvalue weighted by atomic mass is 79.9. The summed E-state index contributed by atoms with van der Waals surface area (Å²) in [6, 6.07) is 20.0. The Kier molecular flexibility index (Phi) is 3.61. The van der Waals surface area contributed by atoms with Crippen molar-refractivity contribution in [3.05, 3.63) is 70.7 Å². The molecule has 100 valence electrons. The Morgan fingerprint density at radius 3 is 2.50 bits per heavy atom. The molecule has 0 radical (unpaired) electrons. The molecule has 0 aliphatic carbocycles. The molecule has 0 saturated heterocycles. The number of ether oxygens (including phenoxy) is 1. The van der Waals surface area contributed by atoms with Crippen LogP contribution in [-0.2, 0) is 6.61 Å². The van der Waals surface area contributed by atoms with Gasteiger partial charge in [-0.25, -0.2) is 0 Å². The summed E-state index contributed by atoms with van der Waals surface area (Å²) < 4.78 is 6.86. The summed E-state index contributed by atoms with van der Waals surface area (Å²) in [6.45, 7) is 0.462. The highest BCUT2D eigenvalue weighted by molar-refractivity contribution is 9.10. The van der Waals surface area contributed by atoms with Crippen LogP contribution >= 0.6 is 15.9 Å². The smallest absolute Gasteiger partial charge is 0.134 e. The van der Waals surface area contributed by atoms with Gasteiger partial charge in [0.1, 0.15) is 12.4 Å². The van der Waals surface area contributed by atoms with Crippen molar-refractivity contribution in [1.82, 2.24) is 0 Å². The Labute approximate surface area is 126 Å². The number of nitrogen functional groups attached to an aromatic ring is 1. The zero-order chi connectivity index (χ0) is 13.9. The van der Waals surface area contributed by atoms with Crippen LogP contribution in [-0.4, -0.2) is 0 Å². The van der Waals surface area contributed by atoms with E-state index in [0.717, 1.165) is 26.9 Å². The lowest BCUT2D eigenvalue weighted by Gasteiger charge is -2.11. The van der Waals surface area contributed by atoms with Crippen molar-refractivity contribution in [1.29, 1.82) is 0 Å². The summed E-state index contributed by atoms with van der Waals surface area (Å²) in [6.07, 6.45) is 0. The van der Waals surface area contributed by atoms with E-state index in [4.69, 9.17) is 10.5 Å². The van der Waals surface area contributed by atoms with Crippen molar-refractivity contribution in [3.8, 4) is 5.75 Å². The van der Waals surface area contributed by atoms with E-state index in [1.165, 1.54) is 5.39 Å². The largest absolute Gasteiger partial charge is 0.488 e. The summed E-state index contributed by atoms with van der Waals surface area (Å²) in [4.78, 5) is 0. The number of anilines is 1. The van der Waals surface area contributed by atoms with E-state index < -0.39 is 0 Å². The van der Waals surface area contributed by atoms with E-state index >= 15 is 0 Å². The molecule has 0 heterocycles. The number of nitrogens with two attached hydrogens (primary N) is 1. The quantitative estimate of drug-likeness (QED) is 0.703. The second-order valence-corrected chi connectivity index (χ2v) is 5.38. The molecule has 0 fully saturated rings. The molecule has 0 spiro atoms. The normalized spacial score (nSPS) is 10.7. The van der Waals surface area contributed by atoms with Crippen LogP contribution in [0, 0.1) is 0 Å². The lowest BCUT2D eigenvalue weighted by atomic mass is 10.1. The Balaban J connectivity index is 1.88. The van der Waals surface area contributed by atoms with Crippen molar-refractivity contribution in [2.24, 2.45) is 0 Å². The van der Waals surface area contributed by atoms with Crippen LogP contribution in [0.25, 0.3) is 10.8 Å². The van der Waals surface area contributed by atoms with Crippen LogP contribution in [0.2, 0.25) is 0 Å². The fourth-order valence-electron chi connectivity index (χ4n) is 2.15. The molecule has 0 saturated carbocycles. The number of benzene rings is 3. The van der Waals surface area contributed by atoms with Gasteiger partial charge in [-0.3, -0.25) is 0 Å². The van der Waals surface area contributed by atoms with Crippen LogP contribution in [0.15, 0.2) is 65.1 Å². The van der Waals surface area contributed by atoms with Gasteiger partial charge in [0, 0.05) is 11.3 Å². The molecular weight excluding hydrogens is 314 g/mol. The molecule has 2 N–H and O–H groups in total. The Hall–Kier alpha value is -2.00. The average Bonchev–Trinajstić information content (AvgIpc) is 2.48. The topological polar surface area (TPSA) is 35.2 Å². The highest BCUT2D eigenvalue weighted by Crippen LogP contribution is 2.33. The van der Waals surface area contributed by atoms with Crippen LogP contribution < -0.4 is 10.5 Å². The maximum absolute atomic E-state index is 5.92. The zero-order valence-electron chi connectivity index (χ0n) is 10.8. The first-order valence-electron chi connectivity index (χ1n) is 6.39. The van der Waals surface area contributed by atoms with E-state index in [0.29, 0.717) is 6.61 Å². The maximum Gasteiger partial charge on any atom is 0.134 e. The summed E-state index contributed by atoms with van der Waals surface area (Å²) >= 11 is 3.62. The van der Waals surface area contributed by atoms with Crippen molar-refractivity contribution in [2.45, 2.75) is 6.61 Å². The van der Waals surface area contributed by atoms with Gasteiger partial charge in [0.2, 0.25) is 0 Å². The number of para-hydroxylation sites is 1. The second kappa shape index (κ2) is 5.55. The van der Waals surface area contributed by atoms with E-state index in [1.807, 2.05) is 42.5 Å². The fourth-order valence-corrected chi connectivity index (χ4v) is 2.75. The minimum atomic E-state index is 0.462. The van der Waals surface area contributed by atoms with Crippen LogP contribution in [0.3, 0.4) is 0 Å². The lowest BCUT2D eigenvalue weighted by Crippen LogP contribution is -2.00. The Bertz CT molecular complexity index is 755. The standard InChI is InChI=1S/C17H14BrNO/c18-17-14-7-3-1-5-12(14)9-10-16(17)20-11-13-6-2-4-8-15(13)19/h1-10H,11,19H2.